The van der Waals surface area contributed by atoms with Crippen molar-refractivity contribution in [3.05, 3.63) is 84.1 Å². The van der Waals surface area contributed by atoms with E-state index in [9.17, 15) is 4.79 Å². The zero-order chi connectivity index (χ0) is 20.5. The number of aliphatic carboxylic acids is 1. The van der Waals surface area contributed by atoms with Gasteiger partial charge in [-0.25, -0.2) is 0 Å². The summed E-state index contributed by atoms with van der Waals surface area (Å²) in [7, 11) is 0. The van der Waals surface area contributed by atoms with Gasteiger partial charge in [-0.1, -0.05) is 47.6 Å². The second kappa shape index (κ2) is 10.0. The quantitative estimate of drug-likeness (QED) is 0.336. The molecule has 0 spiro atoms. The number of hydrogen-bond donors (Lipinski definition) is 1. The number of benzene rings is 2. The van der Waals surface area contributed by atoms with Crippen LogP contribution >= 0.6 is 0 Å². The molecule has 0 aliphatic heterocycles. The highest BCUT2D eigenvalue weighted by molar-refractivity contribution is 5.98. The summed E-state index contributed by atoms with van der Waals surface area (Å²) in [6, 6.07) is 20.8. The van der Waals surface area contributed by atoms with Gasteiger partial charge in [0.25, 0.3) is 0 Å². The molecule has 0 saturated carbocycles. The minimum Gasteiger partial charge on any atom is -0.490 e. The molecule has 0 saturated heterocycles. The maximum absolute atomic E-state index is 10.8. The number of oxime groups is 1. The van der Waals surface area contributed by atoms with Crippen LogP contribution in [0.15, 0.2) is 78.1 Å². The Kier molecular flexibility index (Phi) is 6.95. The third kappa shape index (κ3) is 6.17. The lowest BCUT2D eigenvalue weighted by Crippen LogP contribution is -2.06. The lowest BCUT2D eigenvalue weighted by molar-refractivity contribution is -0.136. The zero-order valence-electron chi connectivity index (χ0n) is 16.1. The SMILES string of the molecule is C/C(=N\OCCOc1cccc(CC(=O)O)c1)c1ccc(-c2ccccn2)cc1. The Morgan fingerprint density at radius 2 is 1.86 bits per heavy atom. The van der Waals surface area contributed by atoms with E-state index < -0.39 is 5.97 Å². The summed E-state index contributed by atoms with van der Waals surface area (Å²) in [5.74, 6) is -0.262. The second-order valence-corrected chi connectivity index (χ2v) is 6.37. The molecule has 0 atom stereocenters. The van der Waals surface area contributed by atoms with Gasteiger partial charge < -0.3 is 14.7 Å². The fraction of sp³-hybridized carbons (Fsp3) is 0.174. The van der Waals surface area contributed by atoms with Crippen LogP contribution in [0.4, 0.5) is 0 Å². The van der Waals surface area contributed by atoms with E-state index in [1.54, 1.807) is 30.5 Å². The van der Waals surface area contributed by atoms with Crippen LogP contribution in [0.5, 0.6) is 5.75 Å². The fourth-order valence-electron chi connectivity index (χ4n) is 2.73. The highest BCUT2D eigenvalue weighted by Crippen LogP contribution is 2.17. The lowest BCUT2D eigenvalue weighted by atomic mass is 10.1. The molecule has 6 nitrogen and oxygen atoms in total. The largest absolute Gasteiger partial charge is 0.490 e. The first kappa shape index (κ1) is 20.1. The van der Waals surface area contributed by atoms with Crippen molar-refractivity contribution in [1.82, 2.24) is 4.98 Å². The smallest absolute Gasteiger partial charge is 0.307 e. The van der Waals surface area contributed by atoms with Crippen LogP contribution < -0.4 is 4.74 Å². The summed E-state index contributed by atoms with van der Waals surface area (Å²) in [5.41, 5.74) is 4.39. The molecule has 0 radical (unpaired) electrons. The minimum absolute atomic E-state index is 0.0314. The molecule has 6 heteroatoms. The van der Waals surface area contributed by atoms with E-state index >= 15 is 0 Å². The Labute approximate surface area is 169 Å². The second-order valence-electron chi connectivity index (χ2n) is 6.37. The average Bonchev–Trinajstić information content (AvgIpc) is 2.74. The van der Waals surface area contributed by atoms with Crippen LogP contribution in [0.2, 0.25) is 0 Å². The van der Waals surface area contributed by atoms with Gasteiger partial charge >= 0.3 is 5.97 Å². The molecule has 0 fully saturated rings. The number of aromatic nitrogens is 1. The lowest BCUT2D eigenvalue weighted by Gasteiger charge is -2.07. The summed E-state index contributed by atoms with van der Waals surface area (Å²) in [5, 5.41) is 13.0. The van der Waals surface area contributed by atoms with Crippen LogP contribution in [-0.4, -0.2) is 35.0 Å². The molecular formula is C23H22N2O4. The Morgan fingerprint density at radius 1 is 1.03 bits per heavy atom. The third-order valence-electron chi connectivity index (χ3n) is 4.16. The van der Waals surface area contributed by atoms with Crippen molar-refractivity contribution in [3.63, 3.8) is 0 Å². The van der Waals surface area contributed by atoms with E-state index in [1.165, 1.54) is 0 Å². The summed E-state index contributed by atoms with van der Waals surface area (Å²) in [6.45, 7) is 2.48. The molecule has 1 heterocycles. The van der Waals surface area contributed by atoms with Crippen molar-refractivity contribution < 1.29 is 19.5 Å². The van der Waals surface area contributed by atoms with E-state index in [1.807, 2.05) is 49.4 Å². The van der Waals surface area contributed by atoms with E-state index in [0.29, 0.717) is 17.9 Å². The summed E-state index contributed by atoms with van der Waals surface area (Å²) >= 11 is 0. The standard InChI is InChI=1S/C23H22N2O4/c1-17(19-8-10-20(11-9-19)22-7-2-3-12-24-22)25-29-14-13-28-21-6-4-5-18(15-21)16-23(26)27/h2-12,15H,13-14,16H2,1H3,(H,26,27)/b25-17+. The molecule has 1 N–H and O–H groups in total. The molecule has 29 heavy (non-hydrogen) atoms. The van der Waals surface area contributed by atoms with Crippen molar-refractivity contribution in [3.8, 4) is 17.0 Å². The van der Waals surface area contributed by atoms with Crippen molar-refractivity contribution >= 4 is 11.7 Å². The van der Waals surface area contributed by atoms with Crippen molar-refractivity contribution in [2.45, 2.75) is 13.3 Å². The fourth-order valence-corrected chi connectivity index (χ4v) is 2.73. The summed E-state index contributed by atoms with van der Waals surface area (Å²) in [6.07, 6.45) is 1.74. The van der Waals surface area contributed by atoms with Crippen LogP contribution in [0.1, 0.15) is 18.1 Å². The monoisotopic (exact) mass is 390 g/mol. The number of carboxylic acid groups (broad SMARTS) is 1. The molecule has 3 aromatic rings. The molecule has 0 amide bonds. The molecule has 1 aromatic heterocycles. The highest BCUT2D eigenvalue weighted by atomic mass is 16.6. The summed E-state index contributed by atoms with van der Waals surface area (Å²) < 4.78 is 5.59. The number of pyridine rings is 1. The molecule has 0 aliphatic rings. The Balaban J connectivity index is 1.47. The number of carbonyl (C=O) groups is 1. The number of carboxylic acids is 1. The van der Waals surface area contributed by atoms with E-state index in [0.717, 1.165) is 22.5 Å². The van der Waals surface area contributed by atoms with Gasteiger partial charge in [-0.15, -0.1) is 0 Å². The van der Waals surface area contributed by atoms with Gasteiger partial charge in [0.1, 0.15) is 12.4 Å². The van der Waals surface area contributed by atoms with Gasteiger partial charge in [-0.05, 0) is 42.3 Å². The van der Waals surface area contributed by atoms with Crippen LogP contribution in [0.25, 0.3) is 11.3 Å². The highest BCUT2D eigenvalue weighted by Gasteiger charge is 2.03. The topological polar surface area (TPSA) is 81.0 Å². The first-order valence-corrected chi connectivity index (χ1v) is 9.24. The van der Waals surface area contributed by atoms with Crippen molar-refractivity contribution in [1.29, 1.82) is 0 Å². The average molecular weight is 390 g/mol. The summed E-state index contributed by atoms with van der Waals surface area (Å²) in [4.78, 5) is 20.5. The molecule has 0 unspecified atom stereocenters. The van der Waals surface area contributed by atoms with Gasteiger partial charge in [0.2, 0.25) is 0 Å². The zero-order valence-corrected chi connectivity index (χ0v) is 16.1. The van der Waals surface area contributed by atoms with E-state index in [2.05, 4.69) is 10.1 Å². The van der Waals surface area contributed by atoms with Gasteiger partial charge in [0.15, 0.2) is 6.61 Å². The molecule has 3 rings (SSSR count). The van der Waals surface area contributed by atoms with Crippen LogP contribution in [0.3, 0.4) is 0 Å². The maximum atomic E-state index is 10.8. The van der Waals surface area contributed by atoms with E-state index in [4.69, 9.17) is 14.7 Å². The van der Waals surface area contributed by atoms with Gasteiger partial charge in [-0.2, -0.15) is 0 Å². The first-order valence-electron chi connectivity index (χ1n) is 9.24. The molecule has 2 aromatic carbocycles. The Hall–Kier alpha value is -3.67. The third-order valence-corrected chi connectivity index (χ3v) is 4.16. The van der Waals surface area contributed by atoms with Crippen LogP contribution in [-0.2, 0) is 16.1 Å². The van der Waals surface area contributed by atoms with Crippen molar-refractivity contribution in [2.75, 3.05) is 13.2 Å². The molecule has 0 bridgehead atoms. The number of rotatable bonds is 9. The van der Waals surface area contributed by atoms with Gasteiger partial charge in [0, 0.05) is 11.8 Å². The molecule has 148 valence electrons. The van der Waals surface area contributed by atoms with Crippen molar-refractivity contribution in [2.24, 2.45) is 5.16 Å². The van der Waals surface area contributed by atoms with Crippen LogP contribution in [0, 0.1) is 0 Å². The number of hydrogen-bond acceptors (Lipinski definition) is 5. The first-order chi connectivity index (χ1) is 14.1. The van der Waals surface area contributed by atoms with E-state index in [-0.39, 0.29) is 13.0 Å². The maximum Gasteiger partial charge on any atom is 0.307 e. The normalized spacial score (nSPS) is 11.1. The number of ether oxygens (including phenoxy) is 1. The minimum atomic E-state index is -0.872. The predicted molar refractivity (Wildman–Crippen MR) is 111 cm³/mol. The predicted octanol–water partition coefficient (Wildman–Crippen LogP) is 4.20. The Morgan fingerprint density at radius 3 is 2.59 bits per heavy atom. The number of nitrogens with zero attached hydrogens (tertiary/aromatic N) is 2. The van der Waals surface area contributed by atoms with Gasteiger partial charge in [0.05, 0.1) is 17.8 Å². The molecular weight excluding hydrogens is 368 g/mol. The van der Waals surface area contributed by atoms with Gasteiger partial charge in [-0.3, -0.25) is 9.78 Å². The molecule has 0 aliphatic carbocycles. The Bertz CT molecular complexity index is 970.